The molecule has 0 amide bonds. The van der Waals surface area contributed by atoms with E-state index in [9.17, 15) is 9.59 Å². The Hall–Kier alpha value is -2.69. The summed E-state index contributed by atoms with van der Waals surface area (Å²) >= 11 is 6.31. The van der Waals surface area contributed by atoms with Crippen molar-refractivity contribution < 1.29 is 19.0 Å². The molecule has 1 aliphatic heterocycles. The molecule has 0 spiro atoms. The van der Waals surface area contributed by atoms with Crippen LogP contribution in [0, 0.1) is 0 Å². The molecule has 0 bridgehead atoms. The van der Waals surface area contributed by atoms with Crippen LogP contribution in [-0.4, -0.2) is 30.4 Å². The number of fused-ring (bicyclic) bond motifs is 1. The van der Waals surface area contributed by atoms with Gasteiger partial charge in [0.25, 0.3) is 5.56 Å². The number of hydrogen-bond acceptors (Lipinski definition) is 8. The lowest BCUT2D eigenvalue weighted by molar-refractivity contribution is -0.139. The number of thiazole rings is 1. The zero-order valence-corrected chi connectivity index (χ0v) is 23.0. The predicted octanol–water partition coefficient (Wildman–Crippen LogP) is 4.42. The standard InChI is InChI=1S/C25H25BrN2O5S2/c1-5-31-17-13-18(32-6-2)16(26)11-15(17)12-20-23(29)28-22(19-9-8-10-34-19)21(24(30)33-7-3)14(4)27-25(28)35-20/h8-13,22H,5-7H2,1-4H3/b20-12-/t22-/m0/s1. The van der Waals surface area contributed by atoms with Gasteiger partial charge >= 0.3 is 5.97 Å². The zero-order valence-electron chi connectivity index (χ0n) is 19.8. The van der Waals surface area contributed by atoms with Crippen LogP contribution in [0.1, 0.15) is 44.2 Å². The summed E-state index contributed by atoms with van der Waals surface area (Å²) in [4.78, 5) is 32.6. The Kier molecular flexibility index (Phi) is 7.93. The topological polar surface area (TPSA) is 79.1 Å². The normalized spacial score (nSPS) is 15.6. The largest absolute Gasteiger partial charge is 0.493 e. The fraction of sp³-hybridized carbons (Fsp3) is 0.320. The summed E-state index contributed by atoms with van der Waals surface area (Å²) in [6, 6.07) is 6.92. The number of benzene rings is 1. The van der Waals surface area contributed by atoms with Crippen LogP contribution in [0.4, 0.5) is 0 Å². The van der Waals surface area contributed by atoms with E-state index < -0.39 is 12.0 Å². The maximum Gasteiger partial charge on any atom is 0.338 e. The van der Waals surface area contributed by atoms with Crippen LogP contribution in [0.2, 0.25) is 0 Å². The minimum Gasteiger partial charge on any atom is -0.493 e. The van der Waals surface area contributed by atoms with E-state index in [1.807, 2.05) is 43.5 Å². The van der Waals surface area contributed by atoms with E-state index in [1.165, 1.54) is 22.7 Å². The number of nitrogens with zero attached hydrogens (tertiary/aromatic N) is 2. The first kappa shape index (κ1) is 25.4. The van der Waals surface area contributed by atoms with Crippen LogP contribution in [0.5, 0.6) is 11.5 Å². The maximum absolute atomic E-state index is 13.7. The van der Waals surface area contributed by atoms with Crippen molar-refractivity contribution in [2.24, 2.45) is 4.99 Å². The minimum atomic E-state index is -0.592. The first-order chi connectivity index (χ1) is 16.9. The van der Waals surface area contributed by atoms with Crippen LogP contribution >= 0.6 is 38.6 Å². The number of aromatic nitrogens is 1. The zero-order chi connectivity index (χ0) is 25.1. The molecular weight excluding hydrogens is 552 g/mol. The molecule has 1 aromatic carbocycles. The SMILES string of the molecule is CCOC(=O)C1=C(C)N=c2s/c(=C\c3cc(Br)c(OCC)cc3OCC)c(=O)n2[C@H]1c1cccs1. The van der Waals surface area contributed by atoms with Gasteiger partial charge < -0.3 is 14.2 Å². The molecule has 0 aliphatic carbocycles. The Morgan fingerprint density at radius 2 is 1.91 bits per heavy atom. The number of thiophene rings is 1. The summed E-state index contributed by atoms with van der Waals surface area (Å²) in [5, 5.41) is 1.93. The first-order valence-corrected chi connectivity index (χ1v) is 13.7. The second-order valence-corrected chi connectivity index (χ2v) is 10.3. The molecule has 1 aliphatic rings. The van der Waals surface area contributed by atoms with E-state index >= 15 is 0 Å². The molecule has 7 nitrogen and oxygen atoms in total. The molecule has 10 heteroatoms. The lowest BCUT2D eigenvalue weighted by atomic mass is 10.0. The molecule has 0 N–H and O–H groups in total. The summed E-state index contributed by atoms with van der Waals surface area (Å²) in [7, 11) is 0. The van der Waals surface area contributed by atoms with Crippen LogP contribution in [0.25, 0.3) is 6.08 Å². The molecule has 2 aromatic heterocycles. The van der Waals surface area contributed by atoms with Gasteiger partial charge in [0, 0.05) is 16.5 Å². The lowest BCUT2D eigenvalue weighted by Gasteiger charge is -2.23. The first-order valence-electron chi connectivity index (χ1n) is 11.2. The molecule has 0 saturated heterocycles. The van der Waals surface area contributed by atoms with Crippen molar-refractivity contribution in [2.45, 2.75) is 33.7 Å². The number of ether oxygens (including phenoxy) is 3. The Morgan fingerprint density at radius 3 is 2.57 bits per heavy atom. The van der Waals surface area contributed by atoms with Gasteiger partial charge in [-0.05, 0) is 67.2 Å². The fourth-order valence-corrected chi connectivity index (χ4v) is 6.19. The van der Waals surface area contributed by atoms with Gasteiger partial charge in [-0.25, -0.2) is 9.79 Å². The molecule has 3 heterocycles. The van der Waals surface area contributed by atoms with Gasteiger partial charge in [0.05, 0.1) is 40.1 Å². The van der Waals surface area contributed by atoms with E-state index in [-0.39, 0.29) is 12.2 Å². The second-order valence-electron chi connectivity index (χ2n) is 7.50. The van der Waals surface area contributed by atoms with Crippen LogP contribution in [0.3, 0.4) is 0 Å². The highest BCUT2D eigenvalue weighted by atomic mass is 79.9. The maximum atomic E-state index is 13.7. The average Bonchev–Trinajstić information content (AvgIpc) is 3.45. The van der Waals surface area contributed by atoms with Crippen molar-refractivity contribution in [3.63, 3.8) is 0 Å². The van der Waals surface area contributed by atoms with Crippen molar-refractivity contribution >= 4 is 50.6 Å². The summed E-state index contributed by atoms with van der Waals surface area (Å²) in [5.74, 6) is 0.820. The van der Waals surface area contributed by atoms with E-state index in [1.54, 1.807) is 24.5 Å². The Bertz CT molecular complexity index is 1450. The third-order valence-corrected chi connectivity index (χ3v) is 7.81. The number of hydrogen-bond donors (Lipinski definition) is 0. The van der Waals surface area contributed by atoms with Gasteiger partial charge in [0.1, 0.15) is 17.5 Å². The quantitative estimate of drug-likeness (QED) is 0.371. The highest BCUT2D eigenvalue weighted by Gasteiger charge is 2.33. The Balaban J connectivity index is 1.92. The Labute approximate surface area is 219 Å². The van der Waals surface area contributed by atoms with E-state index in [4.69, 9.17) is 14.2 Å². The van der Waals surface area contributed by atoms with Gasteiger partial charge in [0.15, 0.2) is 4.80 Å². The fourth-order valence-electron chi connectivity index (χ4n) is 3.86. The molecule has 0 unspecified atom stereocenters. The minimum absolute atomic E-state index is 0.228. The molecular formula is C25H25BrN2O5S2. The van der Waals surface area contributed by atoms with Crippen molar-refractivity contribution in [1.29, 1.82) is 0 Å². The number of allylic oxidation sites excluding steroid dienone is 1. The van der Waals surface area contributed by atoms with Crippen molar-refractivity contribution in [2.75, 3.05) is 19.8 Å². The molecule has 3 aromatic rings. The van der Waals surface area contributed by atoms with Crippen molar-refractivity contribution in [3.8, 4) is 11.5 Å². The molecule has 0 radical (unpaired) electrons. The second kappa shape index (κ2) is 10.9. The van der Waals surface area contributed by atoms with Gasteiger partial charge in [-0.2, -0.15) is 0 Å². The third kappa shape index (κ3) is 5.00. The predicted molar refractivity (Wildman–Crippen MR) is 141 cm³/mol. The monoisotopic (exact) mass is 576 g/mol. The third-order valence-electron chi connectivity index (χ3n) is 5.28. The van der Waals surface area contributed by atoms with Crippen molar-refractivity contribution in [1.82, 2.24) is 4.57 Å². The van der Waals surface area contributed by atoms with Crippen LogP contribution in [0.15, 0.2) is 55.2 Å². The van der Waals surface area contributed by atoms with Gasteiger partial charge in [-0.1, -0.05) is 17.4 Å². The highest BCUT2D eigenvalue weighted by Crippen LogP contribution is 2.35. The van der Waals surface area contributed by atoms with Gasteiger partial charge in [-0.3, -0.25) is 9.36 Å². The van der Waals surface area contributed by atoms with E-state index in [0.29, 0.717) is 45.3 Å². The number of carbonyl (C=O) groups is 1. The average molecular weight is 578 g/mol. The molecule has 184 valence electrons. The molecule has 1 atom stereocenters. The smallest absolute Gasteiger partial charge is 0.338 e. The van der Waals surface area contributed by atoms with Gasteiger partial charge in [0.2, 0.25) is 0 Å². The summed E-state index contributed by atoms with van der Waals surface area (Å²) in [5.41, 5.74) is 1.44. The van der Waals surface area contributed by atoms with Crippen LogP contribution in [-0.2, 0) is 9.53 Å². The summed E-state index contributed by atoms with van der Waals surface area (Å²) < 4.78 is 19.7. The number of carbonyl (C=O) groups excluding carboxylic acids is 1. The summed E-state index contributed by atoms with van der Waals surface area (Å²) in [6.45, 7) is 8.58. The highest BCUT2D eigenvalue weighted by molar-refractivity contribution is 9.10. The molecule has 4 rings (SSSR count). The summed E-state index contributed by atoms with van der Waals surface area (Å²) in [6.07, 6.45) is 1.80. The van der Waals surface area contributed by atoms with E-state index in [2.05, 4.69) is 20.9 Å². The molecule has 0 saturated carbocycles. The number of esters is 1. The molecule has 0 fully saturated rings. The number of halogens is 1. The lowest BCUT2D eigenvalue weighted by Crippen LogP contribution is -2.39. The molecule has 35 heavy (non-hydrogen) atoms. The van der Waals surface area contributed by atoms with Gasteiger partial charge in [-0.15, -0.1) is 11.3 Å². The van der Waals surface area contributed by atoms with Crippen LogP contribution < -0.4 is 24.4 Å². The van der Waals surface area contributed by atoms with Crippen molar-refractivity contribution in [3.05, 3.63) is 75.5 Å². The Morgan fingerprint density at radius 1 is 1.17 bits per heavy atom. The number of rotatable bonds is 8. The van der Waals surface area contributed by atoms with E-state index in [0.717, 1.165) is 14.9 Å².